The molecule has 77 heavy (non-hydrogen) atoms. The summed E-state index contributed by atoms with van der Waals surface area (Å²) < 4.78 is 33.1. The number of carbonyl (C=O) groups is 2. The number of allylic oxidation sites excluding steroid dienone is 10. The van der Waals surface area contributed by atoms with Gasteiger partial charge in [-0.15, -0.1) is 0 Å². The fraction of sp³-hybridized carbons (Fsp3) is 0.821. The summed E-state index contributed by atoms with van der Waals surface area (Å²) in [6.45, 7) is 3.69. The minimum Gasteiger partial charge on any atom is -0.462 e. The van der Waals surface area contributed by atoms with E-state index in [2.05, 4.69) is 74.6 Å². The third-order valence-corrected chi connectivity index (χ3v) is 15.4. The first-order valence-electron chi connectivity index (χ1n) is 32.8. The van der Waals surface area contributed by atoms with Crippen LogP contribution in [-0.4, -0.2) is 49.3 Å². The standard InChI is InChI=1S/C67H124NO8P/c1-3-5-7-9-11-13-15-17-19-21-23-25-27-29-31-32-34-36-38-40-42-44-46-48-50-52-54-56-58-60-67(70)76-65(64-75-77(71,72)74-62-61-68)63-73-66(69)59-57-55-53-51-49-47-45-43-41-39-37-35-33-30-28-26-24-22-20-18-16-14-12-10-8-6-4-2/h5,7,11,13,17,19,23,25,29,31,65H,3-4,6,8-10,12,14-16,18,20-22,24,26-28,30,32-64,68H2,1-2H3,(H,71,72)/b7-5-,13-11-,19-17-,25-23-,31-29-. The Hall–Kier alpha value is -2.29. The lowest BCUT2D eigenvalue weighted by Crippen LogP contribution is -2.29. The molecule has 0 radical (unpaired) electrons. The lowest BCUT2D eigenvalue weighted by Gasteiger charge is -2.19. The SMILES string of the molecule is CC/C=C\C/C=C\C/C=C\C/C=C\C/C=C\CCCCCCCCCCCCCCCC(=O)OC(COC(=O)CCCCCCCCCCCCCCCCCCCCCCCCCCCCC)COP(=O)(O)OCCN. The van der Waals surface area contributed by atoms with Crippen LogP contribution in [0.4, 0.5) is 0 Å². The largest absolute Gasteiger partial charge is 0.472 e. The molecule has 0 fully saturated rings. The third-order valence-electron chi connectivity index (χ3n) is 14.4. The lowest BCUT2D eigenvalue weighted by atomic mass is 10.0. The zero-order valence-corrected chi connectivity index (χ0v) is 51.3. The van der Waals surface area contributed by atoms with Gasteiger partial charge in [0.15, 0.2) is 6.10 Å². The van der Waals surface area contributed by atoms with E-state index in [1.165, 1.54) is 218 Å². The molecule has 0 aliphatic carbocycles. The minimum absolute atomic E-state index is 0.0535. The molecule has 0 saturated heterocycles. The maximum Gasteiger partial charge on any atom is 0.472 e. The number of esters is 2. The molecule has 2 atom stereocenters. The molecular weight excluding hydrogens is 978 g/mol. The number of ether oxygens (including phenoxy) is 2. The van der Waals surface area contributed by atoms with Crippen LogP contribution in [0.5, 0.6) is 0 Å². The molecule has 0 aromatic carbocycles. The Bertz CT molecular complexity index is 1440. The first kappa shape index (κ1) is 74.7. The third kappa shape index (κ3) is 62.8. The van der Waals surface area contributed by atoms with E-state index in [0.29, 0.717) is 6.42 Å². The van der Waals surface area contributed by atoms with Crippen molar-refractivity contribution in [2.75, 3.05) is 26.4 Å². The van der Waals surface area contributed by atoms with Gasteiger partial charge >= 0.3 is 19.8 Å². The van der Waals surface area contributed by atoms with E-state index in [9.17, 15) is 19.0 Å². The van der Waals surface area contributed by atoms with Crippen LogP contribution in [-0.2, 0) is 32.7 Å². The monoisotopic (exact) mass is 1100 g/mol. The van der Waals surface area contributed by atoms with E-state index in [0.717, 1.165) is 70.6 Å². The van der Waals surface area contributed by atoms with E-state index in [1.54, 1.807) is 0 Å². The summed E-state index contributed by atoms with van der Waals surface area (Å²) >= 11 is 0. The average molecular weight is 1100 g/mol. The highest BCUT2D eigenvalue weighted by molar-refractivity contribution is 7.47. The summed E-state index contributed by atoms with van der Waals surface area (Å²) in [6.07, 6.45) is 80.1. The van der Waals surface area contributed by atoms with Crippen molar-refractivity contribution >= 4 is 19.8 Å². The summed E-state index contributed by atoms with van der Waals surface area (Å²) in [6, 6.07) is 0. The van der Waals surface area contributed by atoms with Gasteiger partial charge in [0.1, 0.15) is 6.61 Å². The molecule has 10 heteroatoms. The maximum atomic E-state index is 12.7. The second kappa shape index (κ2) is 62.9. The van der Waals surface area contributed by atoms with Crippen LogP contribution in [0.3, 0.4) is 0 Å². The van der Waals surface area contributed by atoms with E-state index < -0.39 is 26.5 Å². The molecule has 0 saturated carbocycles. The summed E-state index contributed by atoms with van der Waals surface area (Å²) in [7, 11) is -4.39. The zero-order valence-electron chi connectivity index (χ0n) is 50.4. The van der Waals surface area contributed by atoms with Crippen LogP contribution in [0.1, 0.15) is 322 Å². The van der Waals surface area contributed by atoms with Crippen LogP contribution in [0.2, 0.25) is 0 Å². The quantitative estimate of drug-likeness (QED) is 0.0264. The van der Waals surface area contributed by atoms with Crippen molar-refractivity contribution < 1.29 is 37.6 Å². The Morgan fingerprint density at radius 2 is 0.714 bits per heavy atom. The summed E-state index contributed by atoms with van der Waals surface area (Å²) in [4.78, 5) is 35.3. The molecule has 2 unspecified atom stereocenters. The van der Waals surface area contributed by atoms with Gasteiger partial charge in [-0.1, -0.05) is 312 Å². The van der Waals surface area contributed by atoms with Gasteiger partial charge in [0, 0.05) is 19.4 Å². The van der Waals surface area contributed by atoms with Crippen molar-refractivity contribution in [1.29, 1.82) is 0 Å². The van der Waals surface area contributed by atoms with Crippen molar-refractivity contribution in [2.24, 2.45) is 5.73 Å². The van der Waals surface area contributed by atoms with E-state index >= 15 is 0 Å². The summed E-state index contributed by atoms with van der Waals surface area (Å²) in [5, 5.41) is 0. The second-order valence-corrected chi connectivity index (χ2v) is 23.4. The number of phosphoric acid groups is 1. The highest BCUT2D eigenvalue weighted by Gasteiger charge is 2.26. The first-order valence-corrected chi connectivity index (χ1v) is 34.3. The van der Waals surface area contributed by atoms with Gasteiger partial charge in [0.2, 0.25) is 0 Å². The molecule has 0 rings (SSSR count). The Balaban J connectivity index is 3.89. The van der Waals surface area contributed by atoms with Crippen LogP contribution in [0.15, 0.2) is 60.8 Å². The van der Waals surface area contributed by atoms with Gasteiger partial charge in [-0.05, 0) is 57.8 Å². The van der Waals surface area contributed by atoms with E-state index in [-0.39, 0.29) is 38.6 Å². The number of rotatable bonds is 62. The number of unbranched alkanes of at least 4 members (excludes halogenated alkanes) is 39. The Kier molecular flexibility index (Phi) is 61.0. The highest BCUT2D eigenvalue weighted by atomic mass is 31.2. The fourth-order valence-electron chi connectivity index (χ4n) is 9.61. The average Bonchev–Trinajstić information content (AvgIpc) is 3.42. The Morgan fingerprint density at radius 3 is 1.06 bits per heavy atom. The molecule has 0 aromatic rings. The van der Waals surface area contributed by atoms with Gasteiger partial charge in [-0.2, -0.15) is 0 Å². The smallest absolute Gasteiger partial charge is 0.462 e. The molecule has 3 N–H and O–H groups in total. The number of hydrogen-bond donors (Lipinski definition) is 2. The molecule has 450 valence electrons. The number of carbonyl (C=O) groups excluding carboxylic acids is 2. The van der Waals surface area contributed by atoms with Crippen molar-refractivity contribution in [3.8, 4) is 0 Å². The van der Waals surface area contributed by atoms with Crippen LogP contribution in [0, 0.1) is 0 Å². The first-order chi connectivity index (χ1) is 37.8. The molecule has 0 spiro atoms. The van der Waals surface area contributed by atoms with E-state index in [1.807, 2.05) is 0 Å². The predicted octanol–water partition coefficient (Wildman–Crippen LogP) is 21.1. The highest BCUT2D eigenvalue weighted by Crippen LogP contribution is 2.43. The van der Waals surface area contributed by atoms with Crippen LogP contribution >= 0.6 is 7.82 Å². The molecular formula is C67H124NO8P. The van der Waals surface area contributed by atoms with Gasteiger partial charge in [-0.25, -0.2) is 4.57 Å². The molecule has 0 aromatic heterocycles. The second-order valence-electron chi connectivity index (χ2n) is 22.0. The van der Waals surface area contributed by atoms with Gasteiger partial charge < -0.3 is 20.1 Å². The summed E-state index contributed by atoms with van der Waals surface area (Å²) in [5.74, 6) is -0.814. The maximum absolute atomic E-state index is 12.7. The number of phosphoric ester groups is 1. The van der Waals surface area contributed by atoms with Crippen molar-refractivity contribution in [3.63, 3.8) is 0 Å². The Labute approximate surface area is 476 Å². The van der Waals surface area contributed by atoms with Gasteiger partial charge in [0.25, 0.3) is 0 Å². The normalized spacial score (nSPS) is 13.4. The number of hydrogen-bond acceptors (Lipinski definition) is 8. The van der Waals surface area contributed by atoms with Crippen molar-refractivity contribution in [1.82, 2.24) is 0 Å². The molecule has 9 nitrogen and oxygen atoms in total. The predicted molar refractivity (Wildman–Crippen MR) is 330 cm³/mol. The van der Waals surface area contributed by atoms with Crippen LogP contribution in [0.25, 0.3) is 0 Å². The zero-order chi connectivity index (χ0) is 55.9. The van der Waals surface area contributed by atoms with Crippen molar-refractivity contribution in [2.45, 2.75) is 328 Å². The van der Waals surface area contributed by atoms with E-state index in [4.69, 9.17) is 24.3 Å². The fourth-order valence-corrected chi connectivity index (χ4v) is 10.4. The molecule has 0 amide bonds. The molecule has 0 bridgehead atoms. The van der Waals surface area contributed by atoms with Gasteiger partial charge in [-0.3, -0.25) is 18.6 Å². The van der Waals surface area contributed by atoms with Crippen LogP contribution < -0.4 is 5.73 Å². The van der Waals surface area contributed by atoms with Gasteiger partial charge in [0.05, 0.1) is 13.2 Å². The molecule has 0 heterocycles. The lowest BCUT2D eigenvalue weighted by molar-refractivity contribution is -0.161. The van der Waals surface area contributed by atoms with Crippen molar-refractivity contribution in [3.05, 3.63) is 60.8 Å². The number of nitrogens with two attached hydrogens (primary N) is 1. The minimum atomic E-state index is -4.39. The molecule has 0 aliphatic heterocycles. The topological polar surface area (TPSA) is 134 Å². The molecule has 0 aliphatic rings. The Morgan fingerprint density at radius 1 is 0.403 bits per heavy atom. The summed E-state index contributed by atoms with van der Waals surface area (Å²) in [5.41, 5.74) is 5.40.